The molecule has 43 heavy (non-hydrogen) atoms. The van der Waals surface area contributed by atoms with Crippen molar-refractivity contribution < 1.29 is 22.4 Å². The lowest BCUT2D eigenvalue weighted by molar-refractivity contribution is -0.140. The quantitative estimate of drug-likeness (QED) is 0.215. The highest BCUT2D eigenvalue weighted by Gasteiger charge is 2.35. The van der Waals surface area contributed by atoms with Gasteiger partial charge in [-0.3, -0.25) is 13.9 Å². The summed E-state index contributed by atoms with van der Waals surface area (Å²) in [5, 5.41) is 3.40. The average Bonchev–Trinajstić information content (AvgIpc) is 2.99. The van der Waals surface area contributed by atoms with Gasteiger partial charge >= 0.3 is 0 Å². The van der Waals surface area contributed by atoms with Gasteiger partial charge in [0.05, 0.1) is 10.6 Å². The molecule has 0 saturated heterocycles. The van der Waals surface area contributed by atoms with Crippen molar-refractivity contribution in [3.63, 3.8) is 0 Å². The Bertz CT molecular complexity index is 1640. The van der Waals surface area contributed by atoms with Crippen LogP contribution in [0.15, 0.2) is 114 Å². The molecule has 4 aromatic carbocycles. The number of benzene rings is 4. The zero-order valence-corrected chi connectivity index (χ0v) is 25.4. The molecule has 224 valence electrons. The number of nitrogens with zero attached hydrogens (tertiary/aromatic N) is 2. The molecular formula is C33H33ClFN3O4S. The van der Waals surface area contributed by atoms with Crippen LogP contribution in [0, 0.1) is 5.82 Å². The molecule has 1 unspecified atom stereocenters. The maximum atomic E-state index is 15.1. The normalized spacial score (nSPS) is 12.0. The van der Waals surface area contributed by atoms with Crippen molar-refractivity contribution in [2.45, 2.75) is 43.8 Å². The highest BCUT2D eigenvalue weighted by Crippen LogP contribution is 2.27. The fraction of sp³-hybridized carbons (Fsp3) is 0.212. The fourth-order valence-corrected chi connectivity index (χ4v) is 6.18. The van der Waals surface area contributed by atoms with Crippen LogP contribution in [0.5, 0.6) is 0 Å². The summed E-state index contributed by atoms with van der Waals surface area (Å²) in [4.78, 5) is 29.2. The summed E-state index contributed by atoms with van der Waals surface area (Å²) in [6, 6.07) is 27.7. The van der Waals surface area contributed by atoms with E-state index in [0.717, 1.165) is 15.9 Å². The zero-order valence-electron chi connectivity index (χ0n) is 23.9. The van der Waals surface area contributed by atoms with Gasteiger partial charge in [-0.15, -0.1) is 0 Å². The van der Waals surface area contributed by atoms with Crippen molar-refractivity contribution in [2.75, 3.05) is 10.8 Å². The second-order valence-electron chi connectivity index (χ2n) is 10.3. The molecule has 0 bridgehead atoms. The Kier molecular flexibility index (Phi) is 10.6. The van der Waals surface area contributed by atoms with Gasteiger partial charge in [-0.05, 0) is 61.4 Å². The molecule has 0 spiro atoms. The van der Waals surface area contributed by atoms with Crippen molar-refractivity contribution in [3.8, 4) is 0 Å². The Morgan fingerprint density at radius 1 is 0.814 bits per heavy atom. The van der Waals surface area contributed by atoms with Gasteiger partial charge in [0.15, 0.2) is 0 Å². The van der Waals surface area contributed by atoms with Crippen LogP contribution < -0.4 is 9.62 Å². The molecule has 0 saturated carbocycles. The molecule has 0 aliphatic rings. The molecular weight excluding hydrogens is 589 g/mol. The molecule has 0 heterocycles. The first kappa shape index (κ1) is 31.7. The standard InChI is InChI=1S/C33H33ClFN3O4S/c1-24(2)36-33(40)31(21-25-11-5-3-6-12-25)37(22-26-17-19-27(34)20-18-26)32(39)23-38(30-16-10-9-15-29(30)35)43(41,42)28-13-7-4-8-14-28/h3-20,24,31H,21-23H2,1-2H3,(H,36,40). The van der Waals surface area contributed by atoms with E-state index in [9.17, 15) is 18.0 Å². The summed E-state index contributed by atoms with van der Waals surface area (Å²) in [7, 11) is -4.38. The third kappa shape index (κ3) is 8.21. The molecule has 0 aliphatic carbocycles. The van der Waals surface area contributed by atoms with Gasteiger partial charge in [-0.1, -0.05) is 84.4 Å². The topological polar surface area (TPSA) is 86.8 Å². The Labute approximate surface area is 257 Å². The summed E-state index contributed by atoms with van der Waals surface area (Å²) >= 11 is 6.09. The SMILES string of the molecule is CC(C)NC(=O)C(Cc1ccccc1)N(Cc1ccc(Cl)cc1)C(=O)CN(c1ccccc1F)S(=O)(=O)c1ccccc1. The highest BCUT2D eigenvalue weighted by atomic mass is 35.5. The van der Waals surface area contributed by atoms with Crippen molar-refractivity contribution in [1.82, 2.24) is 10.2 Å². The number of hydrogen-bond acceptors (Lipinski definition) is 4. The van der Waals surface area contributed by atoms with E-state index < -0.39 is 40.2 Å². The van der Waals surface area contributed by atoms with Gasteiger partial charge in [0.25, 0.3) is 10.0 Å². The van der Waals surface area contributed by atoms with E-state index in [1.54, 1.807) is 42.5 Å². The lowest BCUT2D eigenvalue weighted by Gasteiger charge is -2.34. The number of amides is 2. The van der Waals surface area contributed by atoms with Gasteiger partial charge in [0.2, 0.25) is 11.8 Å². The summed E-state index contributed by atoms with van der Waals surface area (Å²) in [5.41, 5.74) is 1.21. The van der Waals surface area contributed by atoms with E-state index in [0.29, 0.717) is 10.6 Å². The number of hydrogen-bond donors (Lipinski definition) is 1. The van der Waals surface area contributed by atoms with Gasteiger partial charge in [0, 0.05) is 24.0 Å². The smallest absolute Gasteiger partial charge is 0.264 e. The van der Waals surface area contributed by atoms with Crippen LogP contribution in [0.1, 0.15) is 25.0 Å². The predicted molar refractivity (Wildman–Crippen MR) is 167 cm³/mol. The van der Waals surface area contributed by atoms with Crippen molar-refractivity contribution in [1.29, 1.82) is 0 Å². The number of carbonyl (C=O) groups excluding carboxylic acids is 2. The molecule has 10 heteroatoms. The van der Waals surface area contributed by atoms with Crippen molar-refractivity contribution >= 4 is 39.1 Å². The van der Waals surface area contributed by atoms with Crippen LogP contribution >= 0.6 is 11.6 Å². The van der Waals surface area contributed by atoms with Crippen LogP contribution in [-0.2, 0) is 32.6 Å². The molecule has 2 amide bonds. The van der Waals surface area contributed by atoms with Crippen LogP contribution in [0.4, 0.5) is 10.1 Å². The lowest BCUT2D eigenvalue weighted by Crippen LogP contribution is -2.54. The van der Waals surface area contributed by atoms with Crippen LogP contribution in [0.2, 0.25) is 5.02 Å². The maximum absolute atomic E-state index is 15.1. The van der Waals surface area contributed by atoms with E-state index in [4.69, 9.17) is 11.6 Å². The molecule has 4 aromatic rings. The van der Waals surface area contributed by atoms with E-state index >= 15 is 4.39 Å². The number of rotatable bonds is 12. The maximum Gasteiger partial charge on any atom is 0.264 e. The van der Waals surface area contributed by atoms with Crippen LogP contribution in [-0.4, -0.2) is 43.8 Å². The Balaban J connectivity index is 1.80. The van der Waals surface area contributed by atoms with Crippen molar-refractivity contribution in [3.05, 3.63) is 131 Å². The highest BCUT2D eigenvalue weighted by molar-refractivity contribution is 7.92. The Morgan fingerprint density at radius 2 is 1.40 bits per heavy atom. The summed E-state index contributed by atoms with van der Waals surface area (Å²) in [6.07, 6.45) is 0.170. The summed E-state index contributed by atoms with van der Waals surface area (Å²) in [5.74, 6) is -1.89. The molecule has 0 aliphatic heterocycles. The molecule has 1 N–H and O–H groups in total. The monoisotopic (exact) mass is 621 g/mol. The molecule has 0 radical (unpaired) electrons. The first-order valence-electron chi connectivity index (χ1n) is 13.8. The molecule has 1 atom stereocenters. The minimum atomic E-state index is -4.38. The van der Waals surface area contributed by atoms with Crippen molar-refractivity contribution in [2.24, 2.45) is 0 Å². The van der Waals surface area contributed by atoms with Gasteiger partial charge in [0.1, 0.15) is 18.4 Å². The van der Waals surface area contributed by atoms with Gasteiger partial charge in [-0.25, -0.2) is 12.8 Å². The second kappa shape index (κ2) is 14.3. The Morgan fingerprint density at radius 3 is 2.00 bits per heavy atom. The number of anilines is 1. The first-order chi connectivity index (χ1) is 20.6. The van der Waals surface area contributed by atoms with E-state index in [2.05, 4.69) is 5.32 Å². The van der Waals surface area contributed by atoms with Crippen LogP contribution in [0.25, 0.3) is 0 Å². The molecule has 0 aromatic heterocycles. The predicted octanol–water partition coefficient (Wildman–Crippen LogP) is 5.84. The lowest BCUT2D eigenvalue weighted by atomic mass is 10.0. The average molecular weight is 622 g/mol. The Hall–Kier alpha value is -4.21. The van der Waals surface area contributed by atoms with E-state index in [-0.39, 0.29) is 29.6 Å². The molecule has 0 fully saturated rings. The number of nitrogens with one attached hydrogen (secondary N) is 1. The summed E-state index contributed by atoms with van der Waals surface area (Å²) < 4.78 is 43.6. The third-order valence-electron chi connectivity index (χ3n) is 6.70. The minimum absolute atomic E-state index is 0.0183. The fourth-order valence-electron chi connectivity index (χ4n) is 4.61. The number of sulfonamides is 1. The summed E-state index contributed by atoms with van der Waals surface area (Å²) in [6.45, 7) is 2.87. The third-order valence-corrected chi connectivity index (χ3v) is 8.73. The largest absolute Gasteiger partial charge is 0.352 e. The zero-order chi connectivity index (χ0) is 31.0. The second-order valence-corrected chi connectivity index (χ2v) is 12.6. The molecule has 7 nitrogen and oxygen atoms in total. The minimum Gasteiger partial charge on any atom is -0.352 e. The number of para-hydroxylation sites is 1. The van der Waals surface area contributed by atoms with Crippen LogP contribution in [0.3, 0.4) is 0 Å². The van der Waals surface area contributed by atoms with Gasteiger partial charge < -0.3 is 10.2 Å². The van der Waals surface area contributed by atoms with Gasteiger partial charge in [-0.2, -0.15) is 0 Å². The van der Waals surface area contributed by atoms with E-state index in [1.165, 1.54) is 35.2 Å². The number of carbonyl (C=O) groups is 2. The first-order valence-corrected chi connectivity index (χ1v) is 15.6. The molecule has 4 rings (SSSR count). The number of halogens is 2. The van der Waals surface area contributed by atoms with E-state index in [1.807, 2.05) is 44.2 Å².